The Bertz CT molecular complexity index is 332. The molecule has 1 aliphatic heterocycles. The van der Waals surface area contributed by atoms with E-state index in [1.54, 1.807) is 0 Å². The smallest absolute Gasteiger partial charge is 0.214 e. The molecule has 15 heavy (non-hydrogen) atoms. The van der Waals surface area contributed by atoms with Gasteiger partial charge < -0.3 is 10.0 Å². The van der Waals surface area contributed by atoms with E-state index in [0.717, 1.165) is 31.6 Å². The molecular weight excluding hydrogens is 195 g/mol. The summed E-state index contributed by atoms with van der Waals surface area (Å²) in [5, 5.41) is 8.84. The Hall–Kier alpha value is -1.16. The van der Waals surface area contributed by atoms with E-state index in [1.165, 1.54) is 12.3 Å². The van der Waals surface area contributed by atoms with Gasteiger partial charge in [0.05, 0.1) is 0 Å². The molecular formula is C11H15FN2O. The molecule has 0 aromatic carbocycles. The second-order valence-corrected chi connectivity index (χ2v) is 3.95. The summed E-state index contributed by atoms with van der Waals surface area (Å²) >= 11 is 0. The zero-order chi connectivity index (χ0) is 10.7. The highest BCUT2D eigenvalue weighted by Crippen LogP contribution is 2.25. The van der Waals surface area contributed by atoms with Crippen molar-refractivity contribution in [1.29, 1.82) is 0 Å². The minimum Gasteiger partial charge on any atom is -0.396 e. The summed E-state index contributed by atoms with van der Waals surface area (Å²) in [6.45, 7) is 2.08. The molecule has 0 radical (unpaired) electrons. The zero-order valence-corrected chi connectivity index (χ0v) is 8.56. The molecule has 1 unspecified atom stereocenters. The van der Waals surface area contributed by atoms with Crippen molar-refractivity contribution in [2.24, 2.45) is 5.92 Å². The third-order valence-electron chi connectivity index (χ3n) is 2.90. The summed E-state index contributed by atoms with van der Waals surface area (Å²) in [6, 6.07) is 3.28. The maximum absolute atomic E-state index is 12.9. The van der Waals surface area contributed by atoms with Crippen LogP contribution in [-0.4, -0.2) is 29.8 Å². The lowest BCUT2D eigenvalue weighted by molar-refractivity contribution is 0.263. The summed E-state index contributed by atoms with van der Waals surface area (Å²) in [6.07, 6.45) is 3.40. The molecule has 0 bridgehead atoms. The molecule has 3 nitrogen and oxygen atoms in total. The Balaban J connectivity index is 2.01. The van der Waals surface area contributed by atoms with Crippen LogP contribution < -0.4 is 4.90 Å². The molecule has 82 valence electrons. The normalized spacial score (nSPS) is 20.9. The highest BCUT2D eigenvalue weighted by molar-refractivity contribution is 5.45. The molecule has 1 aliphatic rings. The third-order valence-corrected chi connectivity index (χ3v) is 2.90. The number of pyridine rings is 1. The van der Waals surface area contributed by atoms with Crippen molar-refractivity contribution >= 4 is 5.69 Å². The number of aliphatic hydroxyl groups excluding tert-OH is 1. The van der Waals surface area contributed by atoms with Gasteiger partial charge in [0.25, 0.3) is 0 Å². The van der Waals surface area contributed by atoms with Crippen LogP contribution in [0.1, 0.15) is 12.8 Å². The number of nitrogens with zero attached hydrogens (tertiary/aromatic N) is 2. The standard InChI is InChI=1S/C11H15FN2O/c12-11-7-10(1-4-13-11)14-5-2-9(8-14)3-6-15/h1,4,7,9,15H,2-3,5-6,8H2. The number of aromatic nitrogens is 1. The second kappa shape index (κ2) is 4.57. The first-order chi connectivity index (χ1) is 7.29. The average molecular weight is 210 g/mol. The van der Waals surface area contributed by atoms with Gasteiger partial charge in [-0.15, -0.1) is 0 Å². The van der Waals surface area contributed by atoms with E-state index in [9.17, 15) is 4.39 Å². The van der Waals surface area contributed by atoms with Gasteiger partial charge in [-0.05, 0) is 24.8 Å². The molecule has 4 heteroatoms. The van der Waals surface area contributed by atoms with Gasteiger partial charge in [0.2, 0.25) is 5.95 Å². The number of hydrogen-bond acceptors (Lipinski definition) is 3. The van der Waals surface area contributed by atoms with E-state index in [0.29, 0.717) is 5.92 Å². The van der Waals surface area contributed by atoms with Gasteiger partial charge >= 0.3 is 0 Å². The van der Waals surface area contributed by atoms with Crippen LogP contribution in [0.5, 0.6) is 0 Å². The number of hydrogen-bond donors (Lipinski definition) is 1. The monoisotopic (exact) mass is 210 g/mol. The van der Waals surface area contributed by atoms with Gasteiger partial charge in [-0.25, -0.2) is 4.98 Å². The van der Waals surface area contributed by atoms with Crippen LogP contribution in [-0.2, 0) is 0 Å². The lowest BCUT2D eigenvalue weighted by Crippen LogP contribution is -2.20. The Kier molecular flexibility index (Phi) is 3.16. The Morgan fingerprint density at radius 1 is 1.60 bits per heavy atom. The highest BCUT2D eigenvalue weighted by atomic mass is 19.1. The van der Waals surface area contributed by atoms with Gasteiger partial charge in [0.15, 0.2) is 0 Å². The van der Waals surface area contributed by atoms with E-state index < -0.39 is 5.95 Å². The van der Waals surface area contributed by atoms with Crippen LogP contribution in [0.2, 0.25) is 0 Å². The number of anilines is 1. The first-order valence-corrected chi connectivity index (χ1v) is 5.27. The van der Waals surface area contributed by atoms with Crippen LogP contribution >= 0.6 is 0 Å². The molecule has 1 fully saturated rings. The van der Waals surface area contributed by atoms with Crippen molar-refractivity contribution in [3.05, 3.63) is 24.3 Å². The van der Waals surface area contributed by atoms with E-state index in [4.69, 9.17) is 5.11 Å². The minimum atomic E-state index is -0.432. The zero-order valence-electron chi connectivity index (χ0n) is 8.56. The van der Waals surface area contributed by atoms with Crippen molar-refractivity contribution < 1.29 is 9.50 Å². The van der Waals surface area contributed by atoms with Gasteiger partial charge in [0, 0.05) is 37.6 Å². The minimum absolute atomic E-state index is 0.239. The van der Waals surface area contributed by atoms with Crippen LogP contribution in [0.4, 0.5) is 10.1 Å². The second-order valence-electron chi connectivity index (χ2n) is 3.95. The molecule has 1 N–H and O–H groups in total. The van der Waals surface area contributed by atoms with Crippen molar-refractivity contribution in [3.63, 3.8) is 0 Å². The Morgan fingerprint density at radius 3 is 3.20 bits per heavy atom. The molecule has 2 rings (SSSR count). The van der Waals surface area contributed by atoms with Crippen molar-refractivity contribution in [3.8, 4) is 0 Å². The largest absolute Gasteiger partial charge is 0.396 e. The number of aliphatic hydroxyl groups is 1. The molecule has 1 atom stereocenters. The third kappa shape index (κ3) is 2.45. The predicted octanol–water partition coefficient (Wildman–Crippen LogP) is 1.43. The van der Waals surface area contributed by atoms with E-state index in [2.05, 4.69) is 9.88 Å². The quantitative estimate of drug-likeness (QED) is 0.767. The molecule has 0 amide bonds. The van der Waals surface area contributed by atoms with Crippen molar-refractivity contribution in [1.82, 2.24) is 4.98 Å². The van der Waals surface area contributed by atoms with Gasteiger partial charge in [-0.3, -0.25) is 0 Å². The topological polar surface area (TPSA) is 36.4 Å². The predicted molar refractivity (Wildman–Crippen MR) is 56.2 cm³/mol. The van der Waals surface area contributed by atoms with Gasteiger partial charge in [-0.1, -0.05) is 0 Å². The molecule has 1 aromatic rings. The van der Waals surface area contributed by atoms with E-state index in [1.807, 2.05) is 6.07 Å². The molecule has 0 saturated carbocycles. The van der Waals surface area contributed by atoms with E-state index in [-0.39, 0.29) is 6.61 Å². The lowest BCUT2D eigenvalue weighted by Gasteiger charge is -2.18. The fourth-order valence-corrected chi connectivity index (χ4v) is 2.07. The van der Waals surface area contributed by atoms with Crippen LogP contribution in [0.25, 0.3) is 0 Å². The lowest BCUT2D eigenvalue weighted by atomic mass is 10.1. The highest BCUT2D eigenvalue weighted by Gasteiger charge is 2.22. The van der Waals surface area contributed by atoms with Crippen LogP contribution in [0.3, 0.4) is 0 Å². The molecule has 1 aromatic heterocycles. The fraction of sp³-hybridized carbons (Fsp3) is 0.545. The molecule has 0 spiro atoms. The summed E-state index contributed by atoms with van der Waals surface area (Å²) in [5.74, 6) is 0.101. The summed E-state index contributed by atoms with van der Waals surface area (Å²) in [5.41, 5.74) is 0.892. The first-order valence-electron chi connectivity index (χ1n) is 5.27. The van der Waals surface area contributed by atoms with Gasteiger partial charge in [0.1, 0.15) is 0 Å². The molecule has 1 saturated heterocycles. The summed E-state index contributed by atoms with van der Waals surface area (Å²) in [7, 11) is 0. The van der Waals surface area contributed by atoms with Crippen LogP contribution in [0.15, 0.2) is 18.3 Å². The Morgan fingerprint density at radius 2 is 2.47 bits per heavy atom. The van der Waals surface area contributed by atoms with Gasteiger partial charge in [-0.2, -0.15) is 4.39 Å². The maximum atomic E-state index is 12.9. The molecule has 0 aliphatic carbocycles. The SMILES string of the molecule is OCCC1CCN(c2ccnc(F)c2)C1. The number of halogens is 1. The summed E-state index contributed by atoms with van der Waals surface area (Å²) < 4.78 is 12.9. The Labute approximate surface area is 88.6 Å². The fourth-order valence-electron chi connectivity index (χ4n) is 2.07. The van der Waals surface area contributed by atoms with E-state index >= 15 is 0 Å². The summed E-state index contributed by atoms with van der Waals surface area (Å²) in [4.78, 5) is 5.68. The van der Waals surface area contributed by atoms with Crippen molar-refractivity contribution in [2.75, 3.05) is 24.6 Å². The van der Waals surface area contributed by atoms with Crippen molar-refractivity contribution in [2.45, 2.75) is 12.8 Å². The first kappa shape index (κ1) is 10.4. The average Bonchev–Trinajstić information content (AvgIpc) is 2.67. The number of rotatable bonds is 3. The maximum Gasteiger partial charge on any atom is 0.214 e. The van der Waals surface area contributed by atoms with Crippen LogP contribution in [0, 0.1) is 11.9 Å². The molecule has 2 heterocycles.